The summed E-state index contributed by atoms with van der Waals surface area (Å²) in [7, 11) is 1.70. The second-order valence-electron chi connectivity index (χ2n) is 9.54. The van der Waals surface area contributed by atoms with E-state index in [9.17, 15) is 4.79 Å². The number of amides is 1. The number of piperazine rings is 1. The van der Waals surface area contributed by atoms with Gasteiger partial charge in [0.25, 0.3) is 0 Å². The monoisotopic (exact) mass is 474 g/mol. The number of hydrogen-bond acceptors (Lipinski definition) is 5. The number of likely N-dealkylation sites (tertiary alicyclic amines) is 1. The molecule has 2 saturated heterocycles. The van der Waals surface area contributed by atoms with E-state index in [0.717, 1.165) is 76.5 Å². The fourth-order valence-corrected chi connectivity index (χ4v) is 5.17. The maximum Gasteiger partial charge on any atom is 0.225 e. The Morgan fingerprint density at radius 2 is 1.74 bits per heavy atom. The van der Waals surface area contributed by atoms with Gasteiger partial charge in [0.2, 0.25) is 5.91 Å². The van der Waals surface area contributed by atoms with Crippen LogP contribution in [0.4, 0.5) is 0 Å². The Morgan fingerprint density at radius 1 is 1.03 bits per heavy atom. The summed E-state index contributed by atoms with van der Waals surface area (Å²) >= 11 is 0. The Kier molecular flexibility index (Phi) is 8.61. The zero-order valence-corrected chi connectivity index (χ0v) is 20.9. The smallest absolute Gasteiger partial charge is 0.225 e. The van der Waals surface area contributed by atoms with E-state index >= 15 is 0 Å². The van der Waals surface area contributed by atoms with Crippen molar-refractivity contribution in [3.05, 3.63) is 78.5 Å². The van der Waals surface area contributed by atoms with E-state index in [0.29, 0.717) is 5.91 Å². The van der Waals surface area contributed by atoms with E-state index in [4.69, 9.17) is 10.5 Å². The molecule has 1 amide bonds. The van der Waals surface area contributed by atoms with Crippen LogP contribution in [-0.4, -0.2) is 73.5 Å². The number of fused-ring (bicyclic) bond motifs is 1. The molecule has 4 rings (SSSR count). The van der Waals surface area contributed by atoms with Crippen molar-refractivity contribution >= 4 is 16.7 Å². The van der Waals surface area contributed by atoms with Crippen molar-refractivity contribution in [1.82, 2.24) is 14.7 Å². The minimum atomic E-state index is 0.146. The molecule has 0 bridgehead atoms. The third-order valence-electron chi connectivity index (χ3n) is 7.19. The van der Waals surface area contributed by atoms with Crippen LogP contribution in [0.1, 0.15) is 18.4 Å². The molecule has 6 nitrogen and oxygen atoms in total. The lowest BCUT2D eigenvalue weighted by atomic mass is 9.94. The van der Waals surface area contributed by atoms with Crippen LogP contribution < -0.4 is 10.5 Å². The minimum Gasteiger partial charge on any atom is -0.497 e. The van der Waals surface area contributed by atoms with Crippen molar-refractivity contribution in [3.63, 3.8) is 0 Å². The summed E-state index contributed by atoms with van der Waals surface area (Å²) in [5.41, 5.74) is 8.02. The molecule has 0 spiro atoms. The van der Waals surface area contributed by atoms with Gasteiger partial charge < -0.3 is 15.4 Å². The van der Waals surface area contributed by atoms with Gasteiger partial charge in [0.1, 0.15) is 5.75 Å². The first-order valence-electron chi connectivity index (χ1n) is 12.6. The molecule has 0 atom stereocenters. The Bertz CT molecular complexity index is 1080. The van der Waals surface area contributed by atoms with Crippen molar-refractivity contribution in [2.24, 2.45) is 11.7 Å². The van der Waals surface area contributed by atoms with Crippen LogP contribution in [0.15, 0.2) is 73.0 Å². The third-order valence-corrected chi connectivity index (χ3v) is 7.19. The van der Waals surface area contributed by atoms with E-state index in [-0.39, 0.29) is 5.92 Å². The Hall–Kier alpha value is -3.09. The van der Waals surface area contributed by atoms with Gasteiger partial charge >= 0.3 is 0 Å². The molecule has 0 radical (unpaired) electrons. The molecule has 2 fully saturated rings. The lowest BCUT2D eigenvalue weighted by molar-refractivity contribution is -0.138. The van der Waals surface area contributed by atoms with Crippen LogP contribution in [0.3, 0.4) is 0 Å². The number of rotatable bonds is 8. The predicted octanol–water partition coefficient (Wildman–Crippen LogP) is 3.79. The molecule has 6 heteroatoms. The minimum absolute atomic E-state index is 0.146. The van der Waals surface area contributed by atoms with Gasteiger partial charge in [0.15, 0.2) is 0 Å². The highest BCUT2D eigenvalue weighted by Gasteiger charge is 2.30. The van der Waals surface area contributed by atoms with Crippen LogP contribution >= 0.6 is 0 Å². The molecule has 0 unspecified atom stereocenters. The van der Waals surface area contributed by atoms with Crippen molar-refractivity contribution in [3.8, 4) is 5.75 Å². The van der Waals surface area contributed by atoms with Crippen LogP contribution in [-0.2, 0) is 11.3 Å². The second kappa shape index (κ2) is 12.0. The summed E-state index contributed by atoms with van der Waals surface area (Å²) in [6.45, 7) is 10.9. The Balaban J connectivity index is 1.24. The number of carbonyl (C=O) groups excluding carboxylic acids is 1. The molecule has 2 aliphatic heterocycles. The maximum atomic E-state index is 13.2. The van der Waals surface area contributed by atoms with Gasteiger partial charge in [-0.25, -0.2) is 0 Å². The highest BCUT2D eigenvalue weighted by Crippen LogP contribution is 2.24. The largest absolute Gasteiger partial charge is 0.497 e. The predicted molar refractivity (Wildman–Crippen MR) is 143 cm³/mol. The SMILES string of the molecule is C=C/C=C(\C=C/N)CN1CCC(C(=O)N2CCN(Cc3ccc4cc(OC)ccc4c3)CC2)CC1. The Labute approximate surface area is 209 Å². The molecule has 186 valence electrons. The first-order chi connectivity index (χ1) is 17.1. The average molecular weight is 475 g/mol. The number of hydrogen-bond donors (Lipinski definition) is 1. The van der Waals surface area contributed by atoms with E-state index < -0.39 is 0 Å². The van der Waals surface area contributed by atoms with Gasteiger partial charge in [-0.1, -0.05) is 36.9 Å². The average Bonchev–Trinajstić information content (AvgIpc) is 2.89. The van der Waals surface area contributed by atoms with Crippen LogP contribution in [0, 0.1) is 5.92 Å². The normalized spacial score (nSPS) is 18.9. The van der Waals surface area contributed by atoms with Gasteiger partial charge in [-0.05, 0) is 78.3 Å². The summed E-state index contributed by atoms with van der Waals surface area (Å²) in [6, 6.07) is 12.8. The van der Waals surface area contributed by atoms with E-state index in [1.807, 2.05) is 18.2 Å². The van der Waals surface area contributed by atoms with E-state index in [2.05, 4.69) is 51.6 Å². The molecule has 2 heterocycles. The summed E-state index contributed by atoms with van der Waals surface area (Å²) in [5.74, 6) is 1.37. The van der Waals surface area contributed by atoms with E-state index in [1.165, 1.54) is 16.3 Å². The molecule has 2 aliphatic rings. The number of nitrogens with zero attached hydrogens (tertiary/aromatic N) is 3. The third kappa shape index (κ3) is 6.53. The molecule has 0 saturated carbocycles. The molecule has 0 aliphatic carbocycles. The van der Waals surface area contributed by atoms with Gasteiger partial charge in [-0.3, -0.25) is 14.6 Å². The number of ether oxygens (including phenoxy) is 1. The molecular weight excluding hydrogens is 436 g/mol. The number of piperidine rings is 1. The number of carbonyl (C=O) groups is 1. The van der Waals surface area contributed by atoms with Gasteiger partial charge in [0, 0.05) is 45.2 Å². The fourth-order valence-electron chi connectivity index (χ4n) is 5.17. The molecule has 2 N–H and O–H groups in total. The van der Waals surface area contributed by atoms with Crippen molar-refractivity contribution in [2.75, 3.05) is 52.9 Å². The standard InChI is InChI=1S/C29H38N4O2/c1-3-4-23(9-12-30)21-31-13-10-25(11-14-31)29(34)33-17-15-32(16-18-33)22-24-5-6-27-20-28(35-2)8-7-26(27)19-24/h3-9,12,19-20,25H,1,10-11,13-18,21-22,30H2,2H3/b12-9-,23-4+. The van der Waals surface area contributed by atoms with Crippen molar-refractivity contribution in [1.29, 1.82) is 0 Å². The summed E-state index contributed by atoms with van der Waals surface area (Å²) < 4.78 is 5.33. The molecule has 2 aromatic rings. The first kappa shape index (κ1) is 25.0. The quantitative estimate of drug-likeness (QED) is 0.590. The number of benzene rings is 2. The van der Waals surface area contributed by atoms with Crippen molar-refractivity contribution in [2.45, 2.75) is 19.4 Å². The van der Waals surface area contributed by atoms with Crippen LogP contribution in [0.25, 0.3) is 10.8 Å². The van der Waals surface area contributed by atoms with E-state index in [1.54, 1.807) is 19.4 Å². The number of nitrogens with two attached hydrogens (primary N) is 1. The van der Waals surface area contributed by atoms with Gasteiger partial charge in [0.05, 0.1) is 7.11 Å². The number of methoxy groups -OCH3 is 1. The summed E-state index contributed by atoms with van der Waals surface area (Å²) in [4.78, 5) is 20.1. The highest BCUT2D eigenvalue weighted by atomic mass is 16.5. The van der Waals surface area contributed by atoms with Gasteiger partial charge in [-0.2, -0.15) is 0 Å². The first-order valence-corrected chi connectivity index (χ1v) is 12.6. The van der Waals surface area contributed by atoms with Crippen molar-refractivity contribution < 1.29 is 9.53 Å². The topological polar surface area (TPSA) is 62.0 Å². The van der Waals surface area contributed by atoms with Crippen LogP contribution in [0.2, 0.25) is 0 Å². The lowest BCUT2D eigenvalue weighted by Crippen LogP contribution is -2.51. The zero-order valence-electron chi connectivity index (χ0n) is 20.9. The summed E-state index contributed by atoms with van der Waals surface area (Å²) in [5, 5.41) is 2.42. The summed E-state index contributed by atoms with van der Waals surface area (Å²) in [6.07, 6.45) is 9.14. The van der Waals surface area contributed by atoms with Gasteiger partial charge in [-0.15, -0.1) is 0 Å². The zero-order chi connectivity index (χ0) is 24.6. The maximum absolute atomic E-state index is 13.2. The second-order valence-corrected chi connectivity index (χ2v) is 9.54. The number of allylic oxidation sites excluding steroid dienone is 2. The molecular formula is C29H38N4O2. The Morgan fingerprint density at radius 3 is 2.43 bits per heavy atom. The fraction of sp³-hybridized carbons (Fsp3) is 0.414. The molecule has 35 heavy (non-hydrogen) atoms. The van der Waals surface area contributed by atoms with Crippen LogP contribution in [0.5, 0.6) is 5.75 Å². The lowest BCUT2D eigenvalue weighted by Gasteiger charge is -2.38. The highest BCUT2D eigenvalue weighted by molar-refractivity contribution is 5.84. The molecule has 2 aromatic carbocycles. The molecule has 0 aromatic heterocycles.